The normalized spacial score (nSPS) is 14.3. The molecule has 0 aromatic carbocycles. The van der Waals surface area contributed by atoms with Crippen molar-refractivity contribution in [1.82, 2.24) is 34.0 Å². The predicted octanol–water partition coefficient (Wildman–Crippen LogP) is 5.96. The molecule has 18 heteroatoms. The van der Waals surface area contributed by atoms with Gasteiger partial charge in [-0.3, -0.25) is 0 Å². The van der Waals surface area contributed by atoms with E-state index in [0.717, 1.165) is 19.2 Å². The van der Waals surface area contributed by atoms with Crippen LogP contribution in [0.2, 0.25) is 0 Å². The Bertz CT molecular complexity index is 1560. The molecule has 2 atom stereocenters. The van der Waals surface area contributed by atoms with Crippen LogP contribution in [0.1, 0.15) is 31.4 Å². The zero-order valence-electron chi connectivity index (χ0n) is 21.7. The average molecular weight is 611 g/mol. The fourth-order valence-corrected chi connectivity index (χ4v) is 4.41. The lowest BCUT2D eigenvalue weighted by Crippen LogP contribution is -2.53. The van der Waals surface area contributed by atoms with Gasteiger partial charge in [0.25, 0.3) is 5.88 Å². The fourth-order valence-electron chi connectivity index (χ4n) is 4.41. The van der Waals surface area contributed by atoms with Gasteiger partial charge in [0, 0.05) is 61.3 Å². The Labute approximate surface area is 230 Å². The summed E-state index contributed by atoms with van der Waals surface area (Å²) in [5, 5.41) is 1.32. The van der Waals surface area contributed by atoms with E-state index in [9.17, 15) is 44.3 Å². The number of nitrogens with one attached hydrogen (secondary N) is 1. The Morgan fingerprint density at radius 3 is 2.14 bits per heavy atom. The van der Waals surface area contributed by atoms with Crippen molar-refractivity contribution in [3.63, 3.8) is 0 Å². The SMILES string of the molecule is CCN(C(=O)N[C@@H](CCC(F)(F)F)C(F)(F)F)C(c1cc(-c2cn3ccnc3c(OC)n2)c2nccn2c1)C(F)(F)F. The van der Waals surface area contributed by atoms with Gasteiger partial charge in [0.15, 0.2) is 11.7 Å². The van der Waals surface area contributed by atoms with Crippen LogP contribution >= 0.6 is 0 Å². The molecule has 4 heterocycles. The van der Waals surface area contributed by atoms with Crippen LogP contribution in [0.25, 0.3) is 22.6 Å². The van der Waals surface area contributed by atoms with E-state index in [1.54, 1.807) is 0 Å². The van der Waals surface area contributed by atoms with Crippen LogP contribution in [0.4, 0.5) is 44.3 Å². The van der Waals surface area contributed by atoms with Crippen LogP contribution in [0, 0.1) is 0 Å². The van der Waals surface area contributed by atoms with E-state index in [-0.39, 0.29) is 27.7 Å². The molecule has 0 radical (unpaired) electrons. The molecule has 4 aromatic heterocycles. The second kappa shape index (κ2) is 11.2. The highest BCUT2D eigenvalue weighted by Crippen LogP contribution is 2.40. The minimum absolute atomic E-state index is 0.0339. The predicted molar refractivity (Wildman–Crippen MR) is 129 cm³/mol. The molecule has 0 fully saturated rings. The molecule has 9 nitrogen and oxygen atoms in total. The number of aromatic nitrogens is 5. The van der Waals surface area contributed by atoms with Gasteiger partial charge in [-0.1, -0.05) is 0 Å². The summed E-state index contributed by atoms with van der Waals surface area (Å²) in [5.74, 6) is 0.0339. The van der Waals surface area contributed by atoms with Crippen LogP contribution in [-0.4, -0.2) is 72.9 Å². The van der Waals surface area contributed by atoms with E-state index < -0.39 is 61.6 Å². The van der Waals surface area contributed by atoms with Gasteiger partial charge in [-0.15, -0.1) is 0 Å². The minimum Gasteiger partial charge on any atom is -0.478 e. The van der Waals surface area contributed by atoms with Gasteiger partial charge in [-0.2, -0.15) is 39.5 Å². The average Bonchev–Trinajstić information content (AvgIpc) is 3.55. The lowest BCUT2D eigenvalue weighted by Gasteiger charge is -2.34. The molecule has 228 valence electrons. The molecular weight excluding hydrogens is 589 g/mol. The molecule has 0 aliphatic carbocycles. The molecule has 0 saturated heterocycles. The van der Waals surface area contributed by atoms with Gasteiger partial charge in [0.1, 0.15) is 11.7 Å². The number of ether oxygens (including phenoxy) is 1. The topological polar surface area (TPSA) is 89.1 Å². The molecule has 4 aromatic rings. The van der Waals surface area contributed by atoms with Crippen molar-refractivity contribution >= 4 is 17.3 Å². The van der Waals surface area contributed by atoms with Crippen molar-refractivity contribution in [3.05, 3.63) is 48.8 Å². The van der Waals surface area contributed by atoms with Gasteiger partial charge < -0.3 is 23.8 Å². The Kier molecular flexibility index (Phi) is 8.19. The van der Waals surface area contributed by atoms with E-state index >= 15 is 0 Å². The molecule has 0 aliphatic heterocycles. The number of imidazole rings is 2. The third-order valence-electron chi connectivity index (χ3n) is 6.27. The van der Waals surface area contributed by atoms with Gasteiger partial charge in [0.05, 0.1) is 12.8 Å². The van der Waals surface area contributed by atoms with Crippen molar-refractivity contribution in [2.75, 3.05) is 13.7 Å². The van der Waals surface area contributed by atoms with Gasteiger partial charge in [0.2, 0.25) is 0 Å². The molecule has 42 heavy (non-hydrogen) atoms. The first-order valence-corrected chi connectivity index (χ1v) is 12.2. The maximum absolute atomic E-state index is 14.6. The summed E-state index contributed by atoms with van der Waals surface area (Å²) in [4.78, 5) is 25.5. The Morgan fingerprint density at radius 1 is 0.976 bits per heavy atom. The summed E-state index contributed by atoms with van der Waals surface area (Å²) in [6, 6.07) is -6.66. The lowest BCUT2D eigenvalue weighted by molar-refractivity contribution is -0.181. The number of carbonyl (C=O) groups excluding carboxylic acids is 1. The molecule has 2 amide bonds. The highest BCUT2D eigenvalue weighted by atomic mass is 19.4. The van der Waals surface area contributed by atoms with Crippen molar-refractivity contribution < 1.29 is 49.0 Å². The smallest absolute Gasteiger partial charge is 0.413 e. The number of alkyl halides is 9. The van der Waals surface area contributed by atoms with Crippen molar-refractivity contribution in [2.24, 2.45) is 0 Å². The number of methoxy groups -OCH3 is 1. The van der Waals surface area contributed by atoms with Crippen LogP contribution in [-0.2, 0) is 0 Å². The fraction of sp³-hybridized carbons (Fsp3) is 0.417. The third-order valence-corrected chi connectivity index (χ3v) is 6.27. The third kappa shape index (κ3) is 6.46. The number of urea groups is 1. The molecule has 1 N–H and O–H groups in total. The molecular formula is C24H22F9N7O2. The summed E-state index contributed by atoms with van der Waals surface area (Å²) in [5.41, 5.74) is 0.0305. The zero-order chi connectivity index (χ0) is 31.0. The highest BCUT2D eigenvalue weighted by molar-refractivity contribution is 5.78. The summed E-state index contributed by atoms with van der Waals surface area (Å²) in [6.45, 7) is 0.344. The number of fused-ring (bicyclic) bond motifs is 2. The van der Waals surface area contributed by atoms with Gasteiger partial charge in [-0.25, -0.2) is 19.7 Å². The summed E-state index contributed by atoms with van der Waals surface area (Å²) in [6.07, 6.45) is -11.1. The Balaban J connectivity index is 1.79. The van der Waals surface area contributed by atoms with Crippen molar-refractivity contribution in [2.45, 2.75) is 50.4 Å². The quantitative estimate of drug-likeness (QED) is 0.249. The van der Waals surface area contributed by atoms with E-state index in [4.69, 9.17) is 4.74 Å². The van der Waals surface area contributed by atoms with Crippen molar-refractivity contribution in [3.8, 4) is 17.1 Å². The maximum Gasteiger partial charge on any atom is 0.413 e. The van der Waals surface area contributed by atoms with Crippen molar-refractivity contribution in [1.29, 1.82) is 0 Å². The molecule has 4 rings (SSSR count). The molecule has 0 aliphatic rings. The standard InChI is InChI=1S/C24H22F9N7O2/c1-3-40(21(41)37-16(23(28,29)30)4-5-22(25,26)27)17(24(31,32)33)13-10-14(18-34-6-8-38(18)11-13)15-12-39-9-7-35-19(39)20(36-15)42-2/h6-12,16-17H,3-5H2,1-2H3,(H,37,41)/t16-,17?/m0/s1. The van der Waals surface area contributed by atoms with E-state index in [0.29, 0.717) is 5.65 Å². The van der Waals surface area contributed by atoms with Crippen LogP contribution < -0.4 is 10.1 Å². The Hall–Kier alpha value is -4.25. The van der Waals surface area contributed by atoms with Crippen LogP contribution in [0.5, 0.6) is 5.88 Å². The largest absolute Gasteiger partial charge is 0.478 e. The number of amides is 2. The molecule has 1 unspecified atom stereocenters. The maximum atomic E-state index is 14.6. The number of hydrogen-bond acceptors (Lipinski definition) is 5. The number of pyridine rings is 1. The number of halogens is 9. The molecule has 0 saturated carbocycles. The second-order valence-electron chi connectivity index (χ2n) is 9.07. The first-order valence-electron chi connectivity index (χ1n) is 12.2. The summed E-state index contributed by atoms with van der Waals surface area (Å²) in [7, 11) is 1.31. The van der Waals surface area contributed by atoms with Crippen LogP contribution in [0.3, 0.4) is 0 Å². The summed E-state index contributed by atoms with van der Waals surface area (Å²) >= 11 is 0. The number of rotatable bonds is 8. The highest BCUT2D eigenvalue weighted by Gasteiger charge is 2.49. The zero-order valence-corrected chi connectivity index (χ0v) is 21.7. The molecule has 0 spiro atoms. The number of nitrogens with zero attached hydrogens (tertiary/aromatic N) is 6. The van der Waals surface area contributed by atoms with Crippen LogP contribution in [0.15, 0.2) is 43.2 Å². The van der Waals surface area contributed by atoms with Gasteiger partial charge in [-0.05, 0) is 19.4 Å². The molecule has 0 bridgehead atoms. The van der Waals surface area contributed by atoms with E-state index in [1.807, 2.05) is 0 Å². The number of carbonyl (C=O) groups is 1. The lowest BCUT2D eigenvalue weighted by atomic mass is 10.0. The number of hydrogen-bond donors (Lipinski definition) is 1. The van der Waals surface area contributed by atoms with E-state index in [1.165, 1.54) is 52.2 Å². The monoisotopic (exact) mass is 611 g/mol. The second-order valence-corrected chi connectivity index (χ2v) is 9.07. The van der Waals surface area contributed by atoms with E-state index in [2.05, 4.69) is 15.0 Å². The van der Waals surface area contributed by atoms with Gasteiger partial charge >= 0.3 is 24.6 Å². The minimum atomic E-state index is -5.35. The summed E-state index contributed by atoms with van der Waals surface area (Å²) < 4.78 is 130. The first kappa shape index (κ1) is 30.7. The first-order chi connectivity index (χ1) is 19.5. The Morgan fingerprint density at radius 2 is 1.60 bits per heavy atom.